The van der Waals surface area contributed by atoms with Crippen LogP contribution in [0.2, 0.25) is 0 Å². The van der Waals surface area contributed by atoms with Crippen molar-refractivity contribution < 1.29 is 8.42 Å². The van der Waals surface area contributed by atoms with Crippen LogP contribution in [0.5, 0.6) is 0 Å². The molecule has 106 valence electrons. The van der Waals surface area contributed by atoms with E-state index < -0.39 is 10.0 Å². The number of hydrogen-bond acceptors (Lipinski definition) is 4. The van der Waals surface area contributed by atoms with Gasteiger partial charge in [-0.15, -0.1) is 0 Å². The summed E-state index contributed by atoms with van der Waals surface area (Å²) in [4.78, 5) is 4.03. The van der Waals surface area contributed by atoms with E-state index in [4.69, 9.17) is 0 Å². The van der Waals surface area contributed by atoms with Crippen molar-refractivity contribution in [2.24, 2.45) is 0 Å². The number of rotatable bonds is 5. The molecule has 1 aliphatic rings. The molecular weight excluding hydrogens is 262 g/mol. The Kier molecular flexibility index (Phi) is 4.10. The number of nitrogens with one attached hydrogen (secondary N) is 2. The van der Waals surface area contributed by atoms with Crippen LogP contribution in [0.15, 0.2) is 23.4 Å². The third kappa shape index (κ3) is 3.25. The third-order valence-electron chi connectivity index (χ3n) is 3.48. The quantitative estimate of drug-likeness (QED) is 0.868. The Bertz CT molecular complexity index is 537. The minimum absolute atomic E-state index is 0.0879. The van der Waals surface area contributed by atoms with Crippen molar-refractivity contribution in [2.75, 3.05) is 11.9 Å². The van der Waals surface area contributed by atoms with Gasteiger partial charge in [0.2, 0.25) is 0 Å². The topological polar surface area (TPSA) is 71.1 Å². The van der Waals surface area contributed by atoms with E-state index in [0.29, 0.717) is 12.2 Å². The van der Waals surface area contributed by atoms with E-state index >= 15 is 0 Å². The van der Waals surface area contributed by atoms with Gasteiger partial charge < -0.3 is 5.32 Å². The molecule has 0 unspecified atom stereocenters. The standard InChI is InChI=1S/C13H21N3O2S/c1-3-14-11-7-6-10-15-12(11)19(17,18)16-13(2)8-4-5-9-13/h6-7,10,14,16H,3-5,8-9H2,1-2H3. The predicted molar refractivity (Wildman–Crippen MR) is 75.6 cm³/mol. The second-order valence-corrected chi connectivity index (χ2v) is 6.86. The lowest BCUT2D eigenvalue weighted by Gasteiger charge is -2.25. The first-order valence-corrected chi connectivity index (χ1v) is 8.18. The maximum absolute atomic E-state index is 12.5. The fraction of sp³-hybridized carbons (Fsp3) is 0.615. The number of anilines is 1. The Balaban J connectivity index is 2.29. The molecule has 1 aliphatic carbocycles. The van der Waals surface area contributed by atoms with E-state index in [0.717, 1.165) is 25.7 Å². The molecule has 0 saturated heterocycles. The van der Waals surface area contributed by atoms with Crippen molar-refractivity contribution in [1.82, 2.24) is 9.71 Å². The SMILES string of the molecule is CCNc1cccnc1S(=O)(=O)NC1(C)CCCC1. The average Bonchev–Trinajstić information content (AvgIpc) is 2.76. The third-order valence-corrected chi connectivity index (χ3v) is 5.08. The van der Waals surface area contributed by atoms with Gasteiger partial charge in [0.15, 0.2) is 5.03 Å². The molecular formula is C13H21N3O2S. The molecule has 1 aromatic heterocycles. The molecule has 5 nitrogen and oxygen atoms in total. The molecule has 0 aliphatic heterocycles. The first-order chi connectivity index (χ1) is 8.97. The fourth-order valence-corrected chi connectivity index (χ4v) is 4.14. The van der Waals surface area contributed by atoms with Crippen molar-refractivity contribution in [3.8, 4) is 0 Å². The smallest absolute Gasteiger partial charge is 0.260 e. The summed E-state index contributed by atoms with van der Waals surface area (Å²) in [7, 11) is -3.58. The lowest BCUT2D eigenvalue weighted by atomic mass is 10.0. The molecule has 2 rings (SSSR count). The summed E-state index contributed by atoms with van der Waals surface area (Å²) in [5.74, 6) is 0. The molecule has 19 heavy (non-hydrogen) atoms. The summed E-state index contributed by atoms with van der Waals surface area (Å²) < 4.78 is 27.8. The molecule has 1 heterocycles. The first kappa shape index (κ1) is 14.3. The zero-order valence-electron chi connectivity index (χ0n) is 11.4. The van der Waals surface area contributed by atoms with Crippen LogP contribution in [0.3, 0.4) is 0 Å². The van der Waals surface area contributed by atoms with Crippen molar-refractivity contribution in [2.45, 2.75) is 50.1 Å². The zero-order chi connectivity index (χ0) is 13.9. The largest absolute Gasteiger partial charge is 0.383 e. The molecule has 0 atom stereocenters. The monoisotopic (exact) mass is 283 g/mol. The van der Waals surface area contributed by atoms with Crippen molar-refractivity contribution in [1.29, 1.82) is 0 Å². The predicted octanol–water partition coefficient (Wildman–Crippen LogP) is 2.12. The summed E-state index contributed by atoms with van der Waals surface area (Å²) >= 11 is 0. The van der Waals surface area contributed by atoms with Crippen LogP contribution >= 0.6 is 0 Å². The van der Waals surface area contributed by atoms with E-state index in [1.54, 1.807) is 12.1 Å². The number of nitrogens with zero attached hydrogens (tertiary/aromatic N) is 1. The molecule has 2 N–H and O–H groups in total. The van der Waals surface area contributed by atoms with Crippen molar-refractivity contribution in [3.05, 3.63) is 18.3 Å². The van der Waals surface area contributed by atoms with Crippen LogP contribution in [0.4, 0.5) is 5.69 Å². The summed E-state index contributed by atoms with van der Waals surface area (Å²) in [6, 6.07) is 3.47. The normalized spacial score (nSPS) is 18.4. The van der Waals surface area contributed by atoms with E-state index in [9.17, 15) is 8.42 Å². The van der Waals surface area contributed by atoms with E-state index in [2.05, 4.69) is 15.0 Å². The number of pyridine rings is 1. The Morgan fingerprint density at radius 1 is 1.37 bits per heavy atom. The highest BCUT2D eigenvalue weighted by molar-refractivity contribution is 7.89. The summed E-state index contributed by atoms with van der Waals surface area (Å²) in [6.45, 7) is 4.55. The van der Waals surface area contributed by atoms with Gasteiger partial charge in [0.25, 0.3) is 10.0 Å². The van der Waals surface area contributed by atoms with E-state index in [1.165, 1.54) is 6.20 Å². The number of aromatic nitrogens is 1. The Hall–Kier alpha value is -1.14. The maximum atomic E-state index is 12.5. The van der Waals surface area contributed by atoms with Gasteiger partial charge in [-0.2, -0.15) is 0 Å². The highest BCUT2D eigenvalue weighted by Gasteiger charge is 2.34. The maximum Gasteiger partial charge on any atom is 0.260 e. The average molecular weight is 283 g/mol. The molecule has 0 radical (unpaired) electrons. The van der Waals surface area contributed by atoms with Gasteiger partial charge in [-0.3, -0.25) is 0 Å². The van der Waals surface area contributed by atoms with Crippen molar-refractivity contribution >= 4 is 15.7 Å². The minimum atomic E-state index is -3.58. The van der Waals surface area contributed by atoms with E-state index in [-0.39, 0.29) is 10.6 Å². The van der Waals surface area contributed by atoms with Gasteiger partial charge >= 0.3 is 0 Å². The molecule has 1 fully saturated rings. The number of sulfonamides is 1. The molecule has 0 spiro atoms. The molecule has 6 heteroatoms. The zero-order valence-corrected chi connectivity index (χ0v) is 12.3. The fourth-order valence-electron chi connectivity index (χ4n) is 2.56. The second-order valence-electron chi connectivity index (χ2n) is 5.26. The number of hydrogen-bond donors (Lipinski definition) is 2. The van der Waals surface area contributed by atoms with Crippen molar-refractivity contribution in [3.63, 3.8) is 0 Å². The molecule has 0 bridgehead atoms. The molecule has 1 aromatic rings. The van der Waals surface area contributed by atoms with Crippen LogP contribution in [0.1, 0.15) is 39.5 Å². The van der Waals surface area contributed by atoms with Gasteiger partial charge in [-0.1, -0.05) is 12.8 Å². The Morgan fingerprint density at radius 2 is 2.05 bits per heavy atom. The molecule has 0 amide bonds. The highest BCUT2D eigenvalue weighted by Crippen LogP contribution is 2.31. The van der Waals surface area contributed by atoms with Crippen LogP contribution in [0, 0.1) is 0 Å². The van der Waals surface area contributed by atoms with Gasteiger partial charge in [-0.25, -0.2) is 18.1 Å². The van der Waals surface area contributed by atoms with Crippen LogP contribution < -0.4 is 10.0 Å². The lowest BCUT2D eigenvalue weighted by molar-refractivity contribution is 0.426. The highest BCUT2D eigenvalue weighted by atomic mass is 32.2. The van der Waals surface area contributed by atoms with Crippen LogP contribution in [0.25, 0.3) is 0 Å². The molecule has 0 aromatic carbocycles. The van der Waals surface area contributed by atoms with Gasteiger partial charge in [0.1, 0.15) is 0 Å². The summed E-state index contributed by atoms with van der Waals surface area (Å²) in [5, 5.41) is 3.13. The Morgan fingerprint density at radius 3 is 2.68 bits per heavy atom. The van der Waals surface area contributed by atoms with Gasteiger partial charge in [0, 0.05) is 18.3 Å². The molecule has 1 saturated carbocycles. The van der Waals surface area contributed by atoms with E-state index in [1.807, 2.05) is 13.8 Å². The van der Waals surface area contributed by atoms with Gasteiger partial charge in [-0.05, 0) is 38.8 Å². The Labute approximate surface area is 114 Å². The van der Waals surface area contributed by atoms with Gasteiger partial charge in [0.05, 0.1) is 5.69 Å². The second kappa shape index (κ2) is 5.46. The van der Waals surface area contributed by atoms with Crippen LogP contribution in [-0.2, 0) is 10.0 Å². The minimum Gasteiger partial charge on any atom is -0.383 e. The summed E-state index contributed by atoms with van der Waals surface area (Å²) in [5.41, 5.74) is 0.221. The van der Waals surface area contributed by atoms with Crippen LogP contribution in [-0.4, -0.2) is 25.5 Å². The first-order valence-electron chi connectivity index (χ1n) is 6.70. The summed E-state index contributed by atoms with van der Waals surface area (Å²) in [6.07, 6.45) is 5.42. The lowest BCUT2D eigenvalue weighted by Crippen LogP contribution is -2.43.